The van der Waals surface area contributed by atoms with Crippen molar-refractivity contribution in [2.24, 2.45) is 56.7 Å². The smallest absolute Gasteiger partial charge is 0.160 e. The van der Waals surface area contributed by atoms with Crippen LogP contribution >= 0.6 is 0 Å². The van der Waals surface area contributed by atoms with Crippen LogP contribution in [0.1, 0.15) is 101 Å². The zero-order valence-electron chi connectivity index (χ0n) is 27.9. The molecule has 41 heavy (non-hydrogen) atoms. The third-order valence-electron chi connectivity index (χ3n) is 13.4. The van der Waals surface area contributed by atoms with Gasteiger partial charge in [0.2, 0.25) is 0 Å². The molecule has 4 fully saturated rings. The molecule has 1 saturated heterocycles. The summed E-state index contributed by atoms with van der Waals surface area (Å²) in [6.07, 6.45) is 8.71. The molecule has 3 saturated carbocycles. The maximum Gasteiger partial charge on any atom is 0.160 e. The number of rotatable bonds is 5. The van der Waals surface area contributed by atoms with Crippen LogP contribution in [0.25, 0.3) is 0 Å². The lowest BCUT2D eigenvalue weighted by atomic mass is 9.37. The van der Waals surface area contributed by atoms with Crippen molar-refractivity contribution in [1.82, 2.24) is 0 Å². The lowest BCUT2D eigenvalue weighted by Crippen LogP contribution is -2.77. The van der Waals surface area contributed by atoms with Crippen LogP contribution in [0.5, 0.6) is 0 Å². The highest BCUT2D eigenvalue weighted by Crippen LogP contribution is 2.72. The zero-order chi connectivity index (χ0) is 30.4. The summed E-state index contributed by atoms with van der Waals surface area (Å²) in [5, 5.41) is 25.1. The van der Waals surface area contributed by atoms with Gasteiger partial charge in [-0.2, -0.15) is 0 Å². The first-order valence-corrected chi connectivity index (χ1v) is 16.3. The second kappa shape index (κ2) is 10.0. The molecule has 2 N–H and O–H groups in total. The van der Waals surface area contributed by atoms with E-state index in [-0.39, 0.29) is 35.9 Å². The molecule has 0 aromatic heterocycles. The van der Waals surface area contributed by atoms with Crippen molar-refractivity contribution >= 4 is 0 Å². The van der Waals surface area contributed by atoms with Gasteiger partial charge in [0.1, 0.15) is 6.79 Å². The van der Waals surface area contributed by atoms with Crippen molar-refractivity contribution in [2.75, 3.05) is 27.1 Å². The van der Waals surface area contributed by atoms with E-state index in [0.717, 1.165) is 26.1 Å². The number of ether oxygens (including phenoxy) is 4. The molecule has 1 heterocycles. The molecule has 236 valence electrons. The Hall–Kier alpha value is -0.500. The number of allylic oxidation sites excluding steroid dienone is 1. The van der Waals surface area contributed by atoms with E-state index >= 15 is 0 Å². The van der Waals surface area contributed by atoms with Crippen LogP contribution in [-0.4, -0.2) is 60.9 Å². The highest BCUT2D eigenvalue weighted by molar-refractivity contribution is 5.32. The SMILES string of the molecule is COCO[C@H]1C(C)(C)[C@](O)(C(C)(C)C)C[C@]2(O)C=C[C@H]3[C@@H]4CC[C@H](C(C)C5OCC(C)(C)CO5)[C@@]4(C)CC[C@@H]3[C@@]12C. The van der Waals surface area contributed by atoms with Crippen LogP contribution in [0.3, 0.4) is 0 Å². The largest absolute Gasteiger partial charge is 0.389 e. The molecule has 1 aliphatic heterocycles. The van der Waals surface area contributed by atoms with Crippen molar-refractivity contribution in [2.45, 2.75) is 125 Å². The van der Waals surface area contributed by atoms with E-state index < -0.39 is 27.4 Å². The average molecular weight is 577 g/mol. The van der Waals surface area contributed by atoms with E-state index in [1.165, 1.54) is 12.8 Å². The monoisotopic (exact) mass is 576 g/mol. The number of aliphatic hydroxyl groups is 2. The number of hydrogen-bond donors (Lipinski definition) is 2. The highest BCUT2D eigenvalue weighted by atomic mass is 16.7. The van der Waals surface area contributed by atoms with Gasteiger partial charge >= 0.3 is 0 Å². The molecule has 0 spiro atoms. The lowest BCUT2D eigenvalue weighted by Gasteiger charge is -2.71. The third-order valence-corrected chi connectivity index (χ3v) is 13.4. The van der Waals surface area contributed by atoms with Gasteiger partial charge in [0.25, 0.3) is 0 Å². The van der Waals surface area contributed by atoms with Gasteiger partial charge < -0.3 is 29.2 Å². The summed E-state index contributed by atoms with van der Waals surface area (Å²) in [5.74, 6) is 2.01. The predicted octanol–water partition coefficient (Wildman–Crippen LogP) is 6.58. The van der Waals surface area contributed by atoms with E-state index in [0.29, 0.717) is 30.1 Å². The zero-order valence-corrected chi connectivity index (χ0v) is 27.9. The normalized spacial score (nSPS) is 48.3. The standard InChI is InChI=1S/C35H60O6/c1-22(27-39-19-30(5,6)20-40-27)24-12-13-25-23-14-17-34(36)18-35(37,29(2,3)4)31(7,8)28(41-21-38-11)33(34,10)26(23)15-16-32(24,25)9/h14,17,22-28,36-37H,12-13,15-16,18-21H2,1-11H3/t22?,23-,24+,25-,26-,28-,32+,33-,34+,35+/m0/s1. The van der Waals surface area contributed by atoms with Gasteiger partial charge in [-0.3, -0.25) is 0 Å². The summed E-state index contributed by atoms with van der Waals surface area (Å²) in [7, 11) is 1.65. The van der Waals surface area contributed by atoms with Crippen LogP contribution in [0.15, 0.2) is 12.2 Å². The number of methoxy groups -OCH3 is 1. The van der Waals surface area contributed by atoms with Gasteiger partial charge in [-0.15, -0.1) is 0 Å². The minimum absolute atomic E-state index is 0.0733. The summed E-state index contributed by atoms with van der Waals surface area (Å²) in [6, 6.07) is 0. The van der Waals surface area contributed by atoms with Gasteiger partial charge in [0, 0.05) is 35.7 Å². The van der Waals surface area contributed by atoms with Crippen molar-refractivity contribution in [3.05, 3.63) is 12.2 Å². The van der Waals surface area contributed by atoms with Crippen molar-refractivity contribution < 1.29 is 29.2 Å². The summed E-state index contributed by atoms with van der Waals surface area (Å²) < 4.78 is 24.7. The highest BCUT2D eigenvalue weighted by Gasteiger charge is 2.75. The van der Waals surface area contributed by atoms with E-state index in [4.69, 9.17) is 18.9 Å². The van der Waals surface area contributed by atoms with Crippen molar-refractivity contribution in [3.63, 3.8) is 0 Å². The van der Waals surface area contributed by atoms with Crippen LogP contribution < -0.4 is 0 Å². The molecule has 5 rings (SSSR count). The first-order chi connectivity index (χ1) is 18.8. The number of hydrogen-bond acceptors (Lipinski definition) is 6. The van der Waals surface area contributed by atoms with Crippen molar-refractivity contribution in [3.8, 4) is 0 Å². The molecule has 10 atom stereocenters. The molecule has 6 nitrogen and oxygen atoms in total. The number of fused-ring (bicyclic) bond motifs is 5. The maximum atomic E-state index is 12.6. The van der Waals surface area contributed by atoms with Gasteiger partial charge in [-0.05, 0) is 60.2 Å². The maximum absolute atomic E-state index is 12.6. The summed E-state index contributed by atoms with van der Waals surface area (Å²) in [6.45, 7) is 23.7. The molecular weight excluding hydrogens is 516 g/mol. The molecule has 6 heteroatoms. The first kappa shape index (κ1) is 31.9. The topological polar surface area (TPSA) is 77.4 Å². The first-order valence-electron chi connectivity index (χ1n) is 16.3. The fraction of sp³-hybridized carbons (Fsp3) is 0.943. The van der Waals surface area contributed by atoms with E-state index in [2.05, 4.69) is 81.4 Å². The summed E-state index contributed by atoms with van der Waals surface area (Å²) >= 11 is 0. The van der Waals surface area contributed by atoms with E-state index in [9.17, 15) is 10.2 Å². The fourth-order valence-corrected chi connectivity index (χ4v) is 11.0. The Labute approximate surface area is 249 Å². The Morgan fingerprint density at radius 1 is 0.951 bits per heavy atom. The Morgan fingerprint density at radius 3 is 2.17 bits per heavy atom. The molecule has 4 aliphatic carbocycles. The van der Waals surface area contributed by atoms with Gasteiger partial charge in [-0.1, -0.05) is 81.4 Å². The minimum atomic E-state index is -1.18. The van der Waals surface area contributed by atoms with Gasteiger partial charge in [0.05, 0.1) is 30.5 Å². The second-order valence-corrected chi connectivity index (χ2v) is 17.6. The van der Waals surface area contributed by atoms with Crippen molar-refractivity contribution in [1.29, 1.82) is 0 Å². The van der Waals surface area contributed by atoms with Crippen LogP contribution in [0, 0.1) is 56.7 Å². The Kier molecular flexibility index (Phi) is 7.79. The minimum Gasteiger partial charge on any atom is -0.389 e. The third kappa shape index (κ3) is 4.47. The average Bonchev–Trinajstić information content (AvgIpc) is 3.22. The fourth-order valence-electron chi connectivity index (χ4n) is 11.0. The van der Waals surface area contributed by atoms with Gasteiger partial charge in [0.15, 0.2) is 6.29 Å². The Bertz CT molecular complexity index is 1000. The summed E-state index contributed by atoms with van der Waals surface area (Å²) in [5.41, 5.74) is -3.70. The van der Waals surface area contributed by atoms with Gasteiger partial charge in [-0.25, -0.2) is 0 Å². The Balaban J connectivity index is 1.49. The van der Waals surface area contributed by atoms with E-state index in [1.807, 2.05) is 0 Å². The van der Waals surface area contributed by atoms with E-state index in [1.54, 1.807) is 7.11 Å². The molecule has 0 bridgehead atoms. The molecular formula is C35H60O6. The predicted molar refractivity (Wildman–Crippen MR) is 161 cm³/mol. The molecule has 5 aliphatic rings. The van der Waals surface area contributed by atoms with Crippen LogP contribution in [-0.2, 0) is 18.9 Å². The lowest BCUT2D eigenvalue weighted by molar-refractivity contribution is -0.331. The summed E-state index contributed by atoms with van der Waals surface area (Å²) in [4.78, 5) is 0. The second-order valence-electron chi connectivity index (χ2n) is 17.6. The molecule has 1 unspecified atom stereocenters. The quantitative estimate of drug-likeness (QED) is 0.284. The molecule has 0 radical (unpaired) electrons. The van der Waals surface area contributed by atoms with Crippen LogP contribution in [0.4, 0.5) is 0 Å². The Morgan fingerprint density at radius 2 is 1.59 bits per heavy atom. The molecule has 0 amide bonds. The van der Waals surface area contributed by atoms with Crippen LogP contribution in [0.2, 0.25) is 0 Å². The molecule has 0 aromatic rings. The molecule has 0 aromatic carbocycles.